The van der Waals surface area contributed by atoms with Crippen LogP contribution in [0.4, 0.5) is 17.3 Å². The number of aromatic nitrogens is 3. The number of anilines is 3. The minimum absolute atomic E-state index is 0.224. The number of hydrogen-bond acceptors (Lipinski definition) is 10. The fraction of sp³-hybridized carbons (Fsp3) is 0.310. The summed E-state index contributed by atoms with van der Waals surface area (Å²) >= 11 is 0. The van der Waals surface area contributed by atoms with Crippen LogP contribution in [0.1, 0.15) is 22.3 Å². The number of nitrogens with two attached hydrogens (primary N) is 1. The van der Waals surface area contributed by atoms with Gasteiger partial charge in [0, 0.05) is 61.1 Å². The van der Waals surface area contributed by atoms with Crippen molar-refractivity contribution >= 4 is 34.1 Å². The Morgan fingerprint density at radius 3 is 2.65 bits per heavy atom. The number of methoxy groups -OCH3 is 1. The summed E-state index contributed by atoms with van der Waals surface area (Å²) in [5.74, 6) is 2.09. The normalized spacial score (nSPS) is 13.6. The molecule has 0 bridgehead atoms. The van der Waals surface area contributed by atoms with Crippen molar-refractivity contribution in [3.8, 4) is 11.5 Å². The summed E-state index contributed by atoms with van der Waals surface area (Å²) in [5, 5.41) is 7.04. The van der Waals surface area contributed by atoms with Crippen molar-refractivity contribution in [1.82, 2.24) is 19.9 Å². The quantitative estimate of drug-likeness (QED) is 0.241. The molecule has 0 radical (unpaired) electrons. The molecule has 4 aromatic rings. The first kappa shape index (κ1) is 27.1. The van der Waals surface area contributed by atoms with Crippen molar-refractivity contribution in [2.75, 3.05) is 62.9 Å². The van der Waals surface area contributed by atoms with Gasteiger partial charge < -0.3 is 30.6 Å². The van der Waals surface area contributed by atoms with Crippen molar-refractivity contribution in [3.63, 3.8) is 0 Å². The number of nitrogens with zero attached hydrogens (tertiary/aromatic N) is 4. The number of amides is 1. The molecule has 5 rings (SSSR count). The topological polar surface area (TPSA) is 137 Å². The zero-order chi connectivity index (χ0) is 27.7. The molecule has 11 nitrogen and oxygen atoms in total. The number of nitrogens with one attached hydrogen (secondary N) is 2. The fourth-order valence-electron chi connectivity index (χ4n) is 4.46. The van der Waals surface area contributed by atoms with Crippen molar-refractivity contribution in [2.45, 2.75) is 13.0 Å². The zero-order valence-electron chi connectivity index (χ0n) is 22.4. The molecule has 11 heteroatoms. The third-order valence-corrected chi connectivity index (χ3v) is 6.62. The molecule has 4 N–H and O–H groups in total. The Morgan fingerprint density at radius 1 is 1.05 bits per heavy atom. The number of carbonyl (C=O) groups excluding carboxylic acids is 1. The number of fused-ring (bicyclic) bond motifs is 1. The highest BCUT2D eigenvalue weighted by molar-refractivity contribution is 6.04. The highest BCUT2D eigenvalue weighted by atomic mass is 16.5. The lowest BCUT2D eigenvalue weighted by Gasteiger charge is -2.26. The van der Waals surface area contributed by atoms with Crippen molar-refractivity contribution in [2.24, 2.45) is 0 Å². The van der Waals surface area contributed by atoms with Crippen LogP contribution in [0.2, 0.25) is 0 Å². The van der Waals surface area contributed by atoms with Crippen molar-refractivity contribution < 1.29 is 19.0 Å². The van der Waals surface area contributed by atoms with Gasteiger partial charge in [-0.25, -0.2) is 15.0 Å². The summed E-state index contributed by atoms with van der Waals surface area (Å²) in [6, 6.07) is 14.5. The van der Waals surface area contributed by atoms with Gasteiger partial charge >= 0.3 is 0 Å². The van der Waals surface area contributed by atoms with Crippen molar-refractivity contribution in [1.29, 1.82) is 0 Å². The maximum atomic E-state index is 12.6. The SMILES string of the molecule is COc1cc2ncnc(NCc3ccc(C(=O)Nc4ccnc(N)c4)cc3)c2cc1OCCCN1CCOCC1. The number of benzene rings is 2. The molecule has 208 valence electrons. The predicted octanol–water partition coefficient (Wildman–Crippen LogP) is 3.58. The molecule has 1 fully saturated rings. The Balaban J connectivity index is 1.21. The van der Waals surface area contributed by atoms with E-state index in [2.05, 4.69) is 30.5 Å². The molecule has 1 saturated heterocycles. The minimum atomic E-state index is -0.224. The second-order valence-corrected chi connectivity index (χ2v) is 9.37. The Hall–Kier alpha value is -4.48. The number of pyridine rings is 1. The molecular weight excluding hydrogens is 510 g/mol. The second kappa shape index (κ2) is 13.0. The third kappa shape index (κ3) is 6.93. The van der Waals surface area contributed by atoms with E-state index in [-0.39, 0.29) is 5.91 Å². The average Bonchev–Trinajstić information content (AvgIpc) is 2.98. The molecule has 0 atom stereocenters. The number of nitrogen functional groups attached to an aromatic ring is 1. The van der Waals surface area contributed by atoms with Gasteiger partial charge in [0.25, 0.3) is 5.91 Å². The van der Waals surface area contributed by atoms with Gasteiger partial charge in [-0.15, -0.1) is 0 Å². The molecule has 1 amide bonds. The van der Waals surface area contributed by atoms with Crippen molar-refractivity contribution in [3.05, 3.63) is 72.2 Å². The highest BCUT2D eigenvalue weighted by Gasteiger charge is 2.14. The molecule has 3 heterocycles. The smallest absolute Gasteiger partial charge is 0.255 e. The van der Waals surface area contributed by atoms with E-state index < -0.39 is 0 Å². The number of morpholine rings is 1. The molecule has 1 aliphatic rings. The molecule has 0 spiro atoms. The first-order valence-electron chi connectivity index (χ1n) is 13.2. The van der Waals surface area contributed by atoms with E-state index in [1.165, 1.54) is 6.33 Å². The Kier molecular flexibility index (Phi) is 8.84. The second-order valence-electron chi connectivity index (χ2n) is 9.37. The minimum Gasteiger partial charge on any atom is -0.493 e. The first-order valence-corrected chi connectivity index (χ1v) is 13.2. The summed E-state index contributed by atoms with van der Waals surface area (Å²) in [6.07, 6.45) is 3.98. The number of carbonyl (C=O) groups is 1. The van der Waals surface area contributed by atoms with Gasteiger partial charge in [-0.3, -0.25) is 9.69 Å². The van der Waals surface area contributed by atoms with Gasteiger partial charge in [0.1, 0.15) is 18.0 Å². The zero-order valence-corrected chi connectivity index (χ0v) is 22.4. The van der Waals surface area contributed by atoms with E-state index >= 15 is 0 Å². The van der Waals surface area contributed by atoms with Gasteiger partial charge in [0.2, 0.25) is 0 Å². The van der Waals surface area contributed by atoms with Gasteiger partial charge in [0.15, 0.2) is 11.5 Å². The fourth-order valence-corrected chi connectivity index (χ4v) is 4.46. The van der Waals surface area contributed by atoms with Gasteiger partial charge in [-0.1, -0.05) is 12.1 Å². The van der Waals surface area contributed by atoms with E-state index in [9.17, 15) is 4.79 Å². The maximum absolute atomic E-state index is 12.6. The molecule has 0 unspecified atom stereocenters. The summed E-state index contributed by atoms with van der Waals surface area (Å²) < 4.78 is 17.1. The van der Waals surface area contributed by atoms with Crippen LogP contribution in [-0.2, 0) is 11.3 Å². The number of ether oxygens (including phenoxy) is 3. The van der Waals surface area contributed by atoms with Crippen LogP contribution in [0.25, 0.3) is 10.9 Å². The van der Waals surface area contributed by atoms with Crippen LogP contribution >= 0.6 is 0 Å². The molecule has 0 saturated carbocycles. The predicted molar refractivity (Wildman–Crippen MR) is 154 cm³/mol. The number of rotatable bonds is 11. The molecule has 1 aliphatic heterocycles. The van der Waals surface area contributed by atoms with Crippen LogP contribution in [0.5, 0.6) is 11.5 Å². The summed E-state index contributed by atoms with van der Waals surface area (Å²) in [6.45, 7) is 5.55. The summed E-state index contributed by atoms with van der Waals surface area (Å²) in [5.41, 5.74) is 8.56. The Labute approximate surface area is 232 Å². The largest absolute Gasteiger partial charge is 0.493 e. The molecule has 40 heavy (non-hydrogen) atoms. The van der Waals surface area contributed by atoms with Crippen LogP contribution in [-0.4, -0.2) is 72.3 Å². The monoisotopic (exact) mass is 543 g/mol. The maximum Gasteiger partial charge on any atom is 0.255 e. The summed E-state index contributed by atoms with van der Waals surface area (Å²) in [4.78, 5) is 27.8. The Bertz CT molecular complexity index is 1440. The Morgan fingerprint density at radius 2 is 1.88 bits per heavy atom. The van der Waals surface area contributed by atoms with E-state index in [1.54, 1.807) is 37.6 Å². The number of hydrogen-bond donors (Lipinski definition) is 3. The standard InChI is InChI=1S/C29H33N7O4/c1-38-25-17-24-23(16-26(25)40-12-2-9-36-10-13-39-14-11-36)28(34-19-33-24)32-18-20-3-5-21(6-4-20)29(37)35-22-7-8-31-27(30)15-22/h3-8,15-17,19H,2,9-14,18H2,1H3,(H,32,33,34)(H3,30,31,35,37). The van der Waals surface area contributed by atoms with E-state index in [1.807, 2.05) is 24.3 Å². The highest BCUT2D eigenvalue weighted by Crippen LogP contribution is 2.34. The molecule has 2 aromatic carbocycles. The van der Waals surface area contributed by atoms with Gasteiger partial charge in [-0.2, -0.15) is 0 Å². The third-order valence-electron chi connectivity index (χ3n) is 6.62. The van der Waals surface area contributed by atoms with Crippen LogP contribution < -0.4 is 25.8 Å². The average molecular weight is 544 g/mol. The van der Waals surface area contributed by atoms with E-state index in [0.29, 0.717) is 47.5 Å². The lowest BCUT2D eigenvalue weighted by Crippen LogP contribution is -2.37. The van der Waals surface area contributed by atoms with Gasteiger partial charge in [0.05, 0.1) is 32.4 Å². The van der Waals surface area contributed by atoms with Gasteiger partial charge in [-0.05, 0) is 36.2 Å². The lowest BCUT2D eigenvalue weighted by molar-refractivity contribution is 0.0357. The molecule has 2 aromatic heterocycles. The van der Waals surface area contributed by atoms with Crippen LogP contribution in [0, 0.1) is 0 Å². The summed E-state index contributed by atoms with van der Waals surface area (Å²) in [7, 11) is 1.62. The lowest BCUT2D eigenvalue weighted by atomic mass is 10.1. The van der Waals surface area contributed by atoms with E-state index in [0.717, 1.165) is 55.7 Å². The van der Waals surface area contributed by atoms with Crippen LogP contribution in [0.3, 0.4) is 0 Å². The van der Waals surface area contributed by atoms with E-state index in [4.69, 9.17) is 19.9 Å². The molecular formula is C29H33N7O4. The first-order chi connectivity index (χ1) is 19.6. The van der Waals surface area contributed by atoms with Crippen LogP contribution in [0.15, 0.2) is 61.1 Å². The molecule has 0 aliphatic carbocycles.